The molecule has 10 fully saturated rings. The van der Waals surface area contributed by atoms with Crippen molar-refractivity contribution in [2.24, 2.45) is 57.7 Å². The summed E-state index contributed by atoms with van der Waals surface area (Å²) < 4.78 is 39.6. The molecule has 23 atom stereocenters. The van der Waals surface area contributed by atoms with Gasteiger partial charge in [0.25, 0.3) is 0 Å². The zero-order valence-corrected chi connectivity index (χ0v) is 42.8. The van der Waals surface area contributed by atoms with Crippen molar-refractivity contribution in [2.75, 3.05) is 5.75 Å². The first-order chi connectivity index (χ1) is 34.1. The molecule has 5 aliphatic carbocycles. The molecule has 0 bridgehead atoms. The summed E-state index contributed by atoms with van der Waals surface area (Å²) in [6, 6.07) is 0.208. The number of hydrogen-bond acceptors (Lipinski definition) is 18. The van der Waals surface area contributed by atoms with Crippen molar-refractivity contribution in [2.45, 2.75) is 197 Å². The number of rotatable bonds is 15. The fourth-order valence-electron chi connectivity index (χ4n) is 16.7. The number of carbonyl (C=O) groups excluding carboxylic acids is 6. The zero-order chi connectivity index (χ0) is 51.2. The van der Waals surface area contributed by atoms with Crippen molar-refractivity contribution < 1.29 is 72.5 Å². The number of epoxide rings is 2. The van der Waals surface area contributed by atoms with Crippen molar-refractivity contribution >= 4 is 47.6 Å². The lowest BCUT2D eigenvalue weighted by atomic mass is 9.41. The number of thioether (sulfide) groups is 1. The number of hydrogen-bond donors (Lipinski definition) is 6. The number of urea groups is 1. The maximum absolute atomic E-state index is 14.5. The Bertz CT molecular complexity index is 2410. The van der Waals surface area contributed by atoms with Gasteiger partial charge in [0.15, 0.2) is 5.60 Å². The van der Waals surface area contributed by atoms with E-state index < -0.39 is 130 Å². The van der Waals surface area contributed by atoms with E-state index in [2.05, 4.69) is 26.3 Å². The van der Waals surface area contributed by atoms with Gasteiger partial charge in [0.05, 0.1) is 48.6 Å². The standard InChI is InChI=1S/C50H70N6O15S/c1-21-33-36(48(6)49(7,65)44(63)71-50(48)42(21)70-50)39(34-32-27(59)16-24-17-28-38(68-28)41(62)46(24,4)35(32)40(66-22(2)57)43(47(33,34)5)67-23(3)58)69-31(61)14-10-11-15-56-19-25(54-55-56)18-51-30(60)13-9-8-12-29-37-26(20-72-29)52-45(64)53-37/h19,21,24,26-29,32-43,59,62,65H,8-18,20H2,1-7H3,(H,51,60)(H2,52,53,64)/t21-,24-,26-,27-,28-,29-,32?,33-,34+,35?,36-,37-,38-,39+,40-,41-,42+,43-,46-,47+,48-,49+,50-/m0/s1. The molecular formula is C50H70N6O15S. The molecule has 1 aromatic heterocycles. The molecule has 5 saturated carbocycles. The second-order valence-corrected chi connectivity index (χ2v) is 24.9. The molecule has 21 nitrogen and oxygen atoms in total. The number of fused-ring (bicyclic) bond motifs is 10. The number of aliphatic hydroxyl groups excluding tert-OH is 2. The Labute approximate surface area is 421 Å². The highest BCUT2D eigenvalue weighted by Gasteiger charge is 2.93. The monoisotopic (exact) mass is 1030 g/mol. The number of amides is 3. The van der Waals surface area contributed by atoms with Gasteiger partial charge in [0.2, 0.25) is 11.7 Å². The van der Waals surface area contributed by atoms with Gasteiger partial charge in [-0.3, -0.25) is 23.9 Å². The Balaban J connectivity index is 0.812. The van der Waals surface area contributed by atoms with Crippen LogP contribution in [0.5, 0.6) is 0 Å². The molecule has 3 amide bonds. The molecule has 2 unspecified atom stereocenters. The zero-order valence-electron chi connectivity index (χ0n) is 41.9. The van der Waals surface area contributed by atoms with Crippen LogP contribution < -0.4 is 16.0 Å². The first-order valence-electron chi connectivity index (χ1n) is 26.1. The van der Waals surface area contributed by atoms with Gasteiger partial charge in [-0.25, -0.2) is 9.59 Å². The SMILES string of the molecule is CC(=O)O[C@H]1C2C([C@@H]3[C@@H](OC(=O)CCCCn4cc(CNC(=O)CCCC[C@@H]5SC[C@@H]6NC(=O)N[C@@H]65)nn4)[C@@H]4[C@H]([C@H](C)[C@H]5O[C@]56OC(=O)[C@@](C)(O)[C@]46C)[C@@]3(C)[C@H]1OC(C)=O)[C@@H](O)C[C@H]1C[C@@H]3O[C@@H]3[C@H](O)[C@]21C. The average molecular weight is 1030 g/mol. The van der Waals surface area contributed by atoms with Crippen LogP contribution in [0.3, 0.4) is 0 Å². The Morgan fingerprint density at radius 1 is 0.917 bits per heavy atom. The fraction of sp³-hybridized carbons (Fsp3) is 0.840. The second-order valence-electron chi connectivity index (χ2n) is 23.6. The third-order valence-electron chi connectivity index (χ3n) is 20.0. The predicted molar refractivity (Wildman–Crippen MR) is 249 cm³/mol. The minimum absolute atomic E-state index is 0.0253. The van der Waals surface area contributed by atoms with E-state index in [9.17, 15) is 44.1 Å². The number of unbranched alkanes of at least 4 members (excludes halogenated alkanes) is 2. The van der Waals surface area contributed by atoms with Crippen molar-refractivity contribution in [1.82, 2.24) is 30.9 Å². The van der Waals surface area contributed by atoms with Crippen LogP contribution in [0.25, 0.3) is 0 Å². The molecule has 0 aromatic carbocycles. The summed E-state index contributed by atoms with van der Waals surface area (Å²) in [7, 11) is 0. The Morgan fingerprint density at radius 2 is 1.65 bits per heavy atom. The number of aromatic nitrogens is 3. The molecule has 22 heteroatoms. The molecule has 5 aliphatic heterocycles. The summed E-state index contributed by atoms with van der Waals surface area (Å²) in [6.45, 7) is 12.1. The summed E-state index contributed by atoms with van der Waals surface area (Å²) in [5, 5.41) is 55.0. The minimum atomic E-state index is -2.14. The third-order valence-corrected chi connectivity index (χ3v) is 21.5. The van der Waals surface area contributed by atoms with Gasteiger partial charge in [-0.05, 0) is 76.0 Å². The van der Waals surface area contributed by atoms with Crippen LogP contribution in [0.4, 0.5) is 4.79 Å². The quantitative estimate of drug-likeness (QED) is 0.0479. The number of esters is 4. The molecule has 0 radical (unpaired) electrons. The van der Waals surface area contributed by atoms with Crippen molar-refractivity contribution in [3.8, 4) is 0 Å². The van der Waals surface area contributed by atoms with Crippen LogP contribution in [-0.4, -0.2) is 149 Å². The molecule has 1 aromatic rings. The molecule has 11 rings (SSSR count). The van der Waals surface area contributed by atoms with Gasteiger partial charge in [-0.2, -0.15) is 11.8 Å². The van der Waals surface area contributed by atoms with Gasteiger partial charge in [0.1, 0.15) is 36.2 Å². The van der Waals surface area contributed by atoms with Gasteiger partial charge < -0.3 is 59.7 Å². The van der Waals surface area contributed by atoms with Crippen LogP contribution >= 0.6 is 11.8 Å². The molecule has 5 saturated heterocycles. The van der Waals surface area contributed by atoms with E-state index in [0.717, 1.165) is 25.0 Å². The van der Waals surface area contributed by atoms with Crippen molar-refractivity contribution in [3.63, 3.8) is 0 Å². The number of carbonyl (C=O) groups is 6. The van der Waals surface area contributed by atoms with E-state index in [1.54, 1.807) is 17.8 Å². The van der Waals surface area contributed by atoms with Gasteiger partial charge >= 0.3 is 29.9 Å². The fourth-order valence-corrected chi connectivity index (χ4v) is 18.2. The van der Waals surface area contributed by atoms with E-state index in [-0.39, 0.29) is 55.4 Å². The third kappa shape index (κ3) is 7.31. The summed E-state index contributed by atoms with van der Waals surface area (Å²) >= 11 is 1.86. The normalized spacial score (nSPS) is 48.4. The maximum Gasteiger partial charge on any atom is 0.341 e. The Hall–Kier alpha value is -4.09. The largest absolute Gasteiger partial charge is 0.462 e. The number of ether oxygens (including phenoxy) is 6. The highest BCUT2D eigenvalue weighted by molar-refractivity contribution is 8.00. The van der Waals surface area contributed by atoms with E-state index in [1.165, 1.54) is 20.8 Å². The molecule has 72 heavy (non-hydrogen) atoms. The highest BCUT2D eigenvalue weighted by atomic mass is 32.2. The van der Waals surface area contributed by atoms with E-state index >= 15 is 0 Å². The average Bonchev–Trinajstić information content (AvgIpc) is 4.01. The molecule has 10 aliphatic rings. The van der Waals surface area contributed by atoms with Crippen molar-refractivity contribution in [1.29, 1.82) is 0 Å². The summed E-state index contributed by atoms with van der Waals surface area (Å²) in [5.41, 5.74) is -5.35. The number of aliphatic hydroxyl groups is 3. The molecule has 1 spiro atoms. The van der Waals surface area contributed by atoms with E-state index in [4.69, 9.17) is 28.4 Å². The summed E-state index contributed by atoms with van der Waals surface area (Å²) in [5.74, 6) is -8.13. The van der Waals surface area contributed by atoms with Gasteiger partial charge in [-0.1, -0.05) is 32.4 Å². The van der Waals surface area contributed by atoms with E-state index in [1.807, 2.05) is 32.5 Å². The summed E-state index contributed by atoms with van der Waals surface area (Å²) in [4.78, 5) is 79.5. The lowest BCUT2D eigenvalue weighted by molar-refractivity contribution is -0.280. The number of nitrogens with zero attached hydrogens (tertiary/aromatic N) is 3. The van der Waals surface area contributed by atoms with Crippen LogP contribution in [0.2, 0.25) is 0 Å². The molecule has 396 valence electrons. The van der Waals surface area contributed by atoms with Crippen LogP contribution in [0.15, 0.2) is 6.20 Å². The smallest absolute Gasteiger partial charge is 0.341 e. The second kappa shape index (κ2) is 17.5. The van der Waals surface area contributed by atoms with Crippen LogP contribution in [-0.2, 0) is 65.5 Å². The number of aryl methyl sites for hydroxylation is 1. The van der Waals surface area contributed by atoms with Gasteiger partial charge in [0, 0.05) is 72.8 Å². The lowest BCUT2D eigenvalue weighted by Gasteiger charge is -2.65. The van der Waals surface area contributed by atoms with Crippen molar-refractivity contribution in [3.05, 3.63) is 11.9 Å². The number of nitrogens with one attached hydrogen (secondary N) is 3. The molecule has 6 heterocycles. The minimum Gasteiger partial charge on any atom is -0.462 e. The van der Waals surface area contributed by atoms with Crippen LogP contribution in [0.1, 0.15) is 112 Å². The van der Waals surface area contributed by atoms with Gasteiger partial charge in [-0.15, -0.1) is 5.10 Å². The predicted octanol–water partition coefficient (Wildman–Crippen LogP) is 1.66. The summed E-state index contributed by atoms with van der Waals surface area (Å²) in [6.07, 6.45) is -0.517. The Kier molecular flexibility index (Phi) is 12.2. The molecular weight excluding hydrogens is 957 g/mol. The Morgan fingerprint density at radius 3 is 2.40 bits per heavy atom. The highest BCUT2D eigenvalue weighted by Crippen LogP contribution is 2.81. The topological polar surface area (TPSA) is 292 Å². The molecule has 6 N–H and O–H groups in total. The van der Waals surface area contributed by atoms with Crippen LogP contribution in [0, 0.1) is 57.7 Å². The first kappa shape index (κ1) is 50.1. The maximum atomic E-state index is 14.5. The lowest BCUT2D eigenvalue weighted by Crippen LogP contribution is -2.72. The first-order valence-corrected chi connectivity index (χ1v) is 27.2. The van der Waals surface area contributed by atoms with E-state index in [0.29, 0.717) is 43.2 Å².